The number of quaternary nitrogens is 1. The summed E-state index contributed by atoms with van der Waals surface area (Å²) < 4.78 is 32.7. The lowest BCUT2D eigenvalue weighted by Gasteiger charge is -2.29. The number of aromatic nitrogens is 1. The first-order valence-corrected chi connectivity index (χ1v) is 10.9. The minimum atomic E-state index is -3.45. The van der Waals surface area contributed by atoms with Crippen LogP contribution in [0.15, 0.2) is 41.4 Å². The third-order valence-electron chi connectivity index (χ3n) is 5.24. The van der Waals surface area contributed by atoms with Crippen LogP contribution in [0.3, 0.4) is 0 Å². The van der Waals surface area contributed by atoms with Crippen LogP contribution in [0, 0.1) is 6.92 Å². The third kappa shape index (κ3) is 4.45. The van der Waals surface area contributed by atoms with Crippen LogP contribution in [0.25, 0.3) is 0 Å². The molecule has 0 bridgehead atoms. The van der Waals surface area contributed by atoms with Gasteiger partial charge in [0.25, 0.3) is 5.82 Å². The molecule has 28 heavy (non-hydrogen) atoms. The number of hydrogen-bond acceptors (Lipinski definition) is 4. The van der Waals surface area contributed by atoms with Crippen molar-refractivity contribution in [3.05, 3.63) is 47.7 Å². The molecule has 0 atom stereocenters. The number of nitrogens with zero attached hydrogens (tertiary/aromatic N) is 2. The molecule has 0 saturated carbocycles. The van der Waals surface area contributed by atoms with Crippen LogP contribution < -0.4 is 19.5 Å². The largest absolute Gasteiger partial charge is 0.496 e. The molecule has 2 aromatic rings. The van der Waals surface area contributed by atoms with Crippen molar-refractivity contribution in [3.63, 3.8) is 0 Å². The molecule has 1 saturated heterocycles. The highest BCUT2D eigenvalue weighted by molar-refractivity contribution is 7.89. The van der Waals surface area contributed by atoms with Crippen molar-refractivity contribution in [2.75, 3.05) is 52.3 Å². The molecule has 1 aliphatic rings. The standard InChI is InChI=1S/C20H28N4O3S/c1-16-5-7-19(27-4)17(13-16)15-23(3)20-8-6-18(14-21-20)28(25,26)24-11-9-22(2)10-12-24/h5-8,13-14H,9-12,15H2,1-4H3/p+2. The summed E-state index contributed by atoms with van der Waals surface area (Å²) in [4.78, 5) is 6.84. The molecule has 2 N–H and O–H groups in total. The van der Waals surface area contributed by atoms with Crippen molar-refractivity contribution in [3.8, 4) is 5.75 Å². The molecule has 1 aromatic carbocycles. The Morgan fingerprint density at radius 1 is 1.21 bits per heavy atom. The van der Waals surface area contributed by atoms with E-state index < -0.39 is 10.0 Å². The zero-order chi connectivity index (χ0) is 20.3. The Morgan fingerprint density at radius 2 is 1.93 bits per heavy atom. The number of benzene rings is 1. The van der Waals surface area contributed by atoms with Gasteiger partial charge in [-0.1, -0.05) is 11.6 Å². The van der Waals surface area contributed by atoms with Gasteiger partial charge in [-0.25, -0.2) is 13.4 Å². The van der Waals surface area contributed by atoms with Crippen LogP contribution in [0.2, 0.25) is 0 Å². The fraction of sp³-hybridized carbons (Fsp3) is 0.450. The lowest BCUT2D eigenvalue weighted by atomic mass is 10.1. The number of rotatable bonds is 6. The number of aryl methyl sites for hydroxylation is 1. The third-order valence-corrected chi connectivity index (χ3v) is 7.13. The van der Waals surface area contributed by atoms with Crippen LogP contribution in [-0.4, -0.2) is 60.1 Å². The van der Waals surface area contributed by atoms with Crippen molar-refractivity contribution >= 4 is 15.8 Å². The zero-order valence-corrected chi connectivity index (χ0v) is 17.8. The molecule has 152 valence electrons. The lowest BCUT2D eigenvalue weighted by molar-refractivity contribution is -0.883. The Labute approximate surface area is 167 Å². The van der Waals surface area contributed by atoms with E-state index in [0.29, 0.717) is 24.5 Å². The molecule has 3 rings (SSSR count). The molecular weight excluding hydrogens is 376 g/mol. The zero-order valence-electron chi connectivity index (χ0n) is 17.0. The van der Waals surface area contributed by atoms with Crippen LogP contribution in [0.1, 0.15) is 11.1 Å². The Bertz CT molecular complexity index is 908. The fourth-order valence-electron chi connectivity index (χ4n) is 3.43. The fourth-order valence-corrected chi connectivity index (χ4v) is 4.84. The minimum Gasteiger partial charge on any atom is -0.496 e. The Morgan fingerprint density at radius 3 is 2.54 bits per heavy atom. The van der Waals surface area contributed by atoms with E-state index in [1.54, 1.807) is 23.7 Å². The summed E-state index contributed by atoms with van der Waals surface area (Å²) in [6, 6.07) is 9.58. The predicted molar refractivity (Wildman–Crippen MR) is 108 cm³/mol. The van der Waals surface area contributed by atoms with Gasteiger partial charge in [0.2, 0.25) is 10.0 Å². The van der Waals surface area contributed by atoms with E-state index in [1.165, 1.54) is 10.5 Å². The average Bonchev–Trinajstić information content (AvgIpc) is 2.68. The second-order valence-corrected chi connectivity index (χ2v) is 9.38. The number of sulfonamides is 1. The molecule has 0 aliphatic carbocycles. The monoisotopic (exact) mass is 406 g/mol. The first-order valence-electron chi connectivity index (χ1n) is 9.49. The summed E-state index contributed by atoms with van der Waals surface area (Å²) in [6.07, 6.45) is 1.58. The highest BCUT2D eigenvalue weighted by atomic mass is 32.2. The summed E-state index contributed by atoms with van der Waals surface area (Å²) in [6.45, 7) is 5.49. The van der Waals surface area contributed by atoms with Crippen molar-refractivity contribution < 1.29 is 23.0 Å². The summed E-state index contributed by atoms with van der Waals surface area (Å²) >= 11 is 0. The molecule has 1 fully saturated rings. The number of pyridine rings is 1. The van der Waals surface area contributed by atoms with Gasteiger partial charge in [-0.05, 0) is 25.1 Å². The Kier molecular flexibility index (Phi) is 6.22. The Balaban J connectivity index is 1.74. The molecular formula is C20H30N4O3S+2. The number of likely N-dealkylation sites (N-methyl/N-ethyl adjacent to an activating group) is 1. The number of ether oxygens (including phenoxy) is 1. The molecule has 0 unspecified atom stereocenters. The highest BCUT2D eigenvalue weighted by Crippen LogP contribution is 2.23. The van der Waals surface area contributed by atoms with E-state index in [1.807, 2.05) is 30.1 Å². The Hall–Kier alpha value is -2.16. The molecule has 7 nitrogen and oxygen atoms in total. The van der Waals surface area contributed by atoms with Crippen molar-refractivity contribution in [2.45, 2.75) is 18.4 Å². The maximum atomic E-state index is 12.9. The summed E-state index contributed by atoms with van der Waals surface area (Å²) in [5.41, 5.74) is 2.25. The van der Waals surface area contributed by atoms with Gasteiger partial charge in [-0.15, -0.1) is 0 Å². The maximum Gasteiger partial charge on any atom is 0.274 e. The minimum absolute atomic E-state index is 0.303. The van der Waals surface area contributed by atoms with E-state index in [0.717, 1.165) is 30.2 Å². The normalized spacial score (nSPS) is 16.1. The highest BCUT2D eigenvalue weighted by Gasteiger charge is 2.30. The average molecular weight is 407 g/mol. The van der Waals surface area contributed by atoms with Crippen LogP contribution >= 0.6 is 0 Å². The van der Waals surface area contributed by atoms with Crippen molar-refractivity contribution in [1.29, 1.82) is 0 Å². The van der Waals surface area contributed by atoms with Gasteiger partial charge in [-0.3, -0.25) is 4.90 Å². The SMILES string of the molecule is COc1ccc(C)cc1CN(C)c1ccc(S(=O)(=O)N2CC[NH+](C)CC2)c[nH+]1. The van der Waals surface area contributed by atoms with Crippen LogP contribution in [0.4, 0.5) is 5.82 Å². The van der Waals surface area contributed by atoms with E-state index in [4.69, 9.17) is 4.74 Å². The number of piperazine rings is 1. The number of methoxy groups -OCH3 is 1. The van der Waals surface area contributed by atoms with Gasteiger partial charge in [0.15, 0.2) is 0 Å². The van der Waals surface area contributed by atoms with Crippen LogP contribution in [0.5, 0.6) is 5.75 Å². The van der Waals surface area contributed by atoms with E-state index in [9.17, 15) is 8.42 Å². The second kappa shape index (κ2) is 8.46. The first-order chi connectivity index (χ1) is 13.3. The van der Waals surface area contributed by atoms with Crippen molar-refractivity contribution in [1.82, 2.24) is 4.31 Å². The van der Waals surface area contributed by atoms with Gasteiger partial charge in [-0.2, -0.15) is 4.31 Å². The smallest absolute Gasteiger partial charge is 0.274 e. The van der Waals surface area contributed by atoms with E-state index in [-0.39, 0.29) is 0 Å². The van der Waals surface area contributed by atoms with Crippen LogP contribution in [-0.2, 0) is 16.6 Å². The number of H-pyrrole nitrogens is 1. The van der Waals surface area contributed by atoms with E-state index in [2.05, 4.69) is 25.0 Å². The molecule has 1 aromatic heterocycles. The molecule has 0 amide bonds. The van der Waals surface area contributed by atoms with E-state index >= 15 is 0 Å². The quantitative estimate of drug-likeness (QED) is 0.732. The second-order valence-electron chi connectivity index (χ2n) is 7.44. The predicted octanol–water partition coefficient (Wildman–Crippen LogP) is -0.0269. The molecule has 8 heteroatoms. The van der Waals surface area contributed by atoms with Gasteiger partial charge in [0, 0.05) is 11.6 Å². The topological polar surface area (TPSA) is 68.4 Å². The maximum absolute atomic E-state index is 12.9. The van der Waals surface area contributed by atoms with Gasteiger partial charge < -0.3 is 9.64 Å². The van der Waals surface area contributed by atoms with Gasteiger partial charge >= 0.3 is 0 Å². The van der Waals surface area contributed by atoms with Gasteiger partial charge in [0.05, 0.1) is 47.4 Å². The number of hydrogen-bond donors (Lipinski definition) is 1. The summed E-state index contributed by atoms with van der Waals surface area (Å²) in [5.74, 6) is 1.68. The summed E-state index contributed by atoms with van der Waals surface area (Å²) in [7, 11) is 2.27. The van der Waals surface area contributed by atoms with Crippen molar-refractivity contribution in [2.24, 2.45) is 0 Å². The number of aromatic amines is 1. The molecule has 1 aliphatic heterocycles. The molecule has 0 radical (unpaired) electrons. The first kappa shape index (κ1) is 20.6. The van der Waals surface area contributed by atoms with Gasteiger partial charge in [0.1, 0.15) is 23.4 Å². The lowest BCUT2D eigenvalue weighted by Crippen LogP contribution is -3.12. The number of nitrogens with one attached hydrogen (secondary N) is 2. The summed E-state index contributed by atoms with van der Waals surface area (Å²) in [5, 5.41) is 0. The number of anilines is 1. The molecule has 0 spiro atoms. The molecule has 2 heterocycles.